The first-order chi connectivity index (χ1) is 12.0. The van der Waals surface area contributed by atoms with Crippen LogP contribution in [0.15, 0.2) is 4.99 Å². The van der Waals surface area contributed by atoms with E-state index in [1.54, 1.807) is 0 Å². The van der Waals surface area contributed by atoms with E-state index in [-0.39, 0.29) is 30.6 Å². The third-order valence-electron chi connectivity index (χ3n) is 4.27. The van der Waals surface area contributed by atoms with Crippen LogP contribution in [0.5, 0.6) is 0 Å². The van der Waals surface area contributed by atoms with E-state index in [9.17, 15) is 5.11 Å². The lowest BCUT2D eigenvalue weighted by Crippen LogP contribution is -2.38. The van der Waals surface area contributed by atoms with Crippen molar-refractivity contribution in [1.82, 2.24) is 15.5 Å². The molecule has 1 atom stereocenters. The van der Waals surface area contributed by atoms with Crippen molar-refractivity contribution in [2.24, 2.45) is 16.8 Å². The molecule has 0 aromatic carbocycles. The summed E-state index contributed by atoms with van der Waals surface area (Å²) in [5, 5.41) is 16.0. The van der Waals surface area contributed by atoms with E-state index in [2.05, 4.69) is 50.4 Å². The minimum absolute atomic E-state index is 0. The van der Waals surface area contributed by atoms with Crippen molar-refractivity contribution in [1.29, 1.82) is 0 Å². The summed E-state index contributed by atoms with van der Waals surface area (Å²) in [6, 6.07) is 0. The van der Waals surface area contributed by atoms with Crippen LogP contribution in [0.4, 0.5) is 0 Å². The highest BCUT2D eigenvalue weighted by Gasteiger charge is 2.10. The SMILES string of the molecule is CCNC(=NCC(CCO)CC(C)C)NCCCCCCCN(C)C.I. The first kappa shape index (κ1) is 28.1. The van der Waals surface area contributed by atoms with Crippen LogP contribution >= 0.6 is 24.0 Å². The molecule has 0 fully saturated rings. The summed E-state index contributed by atoms with van der Waals surface area (Å²) in [7, 11) is 4.27. The molecule has 0 saturated carbocycles. The fourth-order valence-corrected chi connectivity index (χ4v) is 2.99. The predicted octanol–water partition coefficient (Wildman–Crippen LogP) is 3.72. The maximum atomic E-state index is 9.23. The molecule has 0 saturated heterocycles. The first-order valence-corrected chi connectivity index (χ1v) is 10.3. The van der Waals surface area contributed by atoms with E-state index in [1.165, 1.54) is 38.6 Å². The molecule has 0 aliphatic rings. The van der Waals surface area contributed by atoms with Crippen molar-refractivity contribution >= 4 is 29.9 Å². The highest BCUT2D eigenvalue weighted by molar-refractivity contribution is 14.0. The number of guanidine groups is 1. The number of hydrogen-bond acceptors (Lipinski definition) is 3. The second-order valence-corrected chi connectivity index (χ2v) is 7.73. The molecule has 0 bridgehead atoms. The molecule has 0 aromatic heterocycles. The van der Waals surface area contributed by atoms with Gasteiger partial charge in [-0.25, -0.2) is 0 Å². The van der Waals surface area contributed by atoms with Gasteiger partial charge in [-0.2, -0.15) is 0 Å². The van der Waals surface area contributed by atoms with Crippen LogP contribution in [-0.4, -0.2) is 62.8 Å². The average Bonchev–Trinajstić information content (AvgIpc) is 2.54. The van der Waals surface area contributed by atoms with Gasteiger partial charge in [0.2, 0.25) is 0 Å². The van der Waals surface area contributed by atoms with Gasteiger partial charge in [-0.15, -0.1) is 24.0 Å². The van der Waals surface area contributed by atoms with E-state index < -0.39 is 0 Å². The van der Waals surface area contributed by atoms with Gasteiger partial charge in [0.05, 0.1) is 0 Å². The normalized spacial score (nSPS) is 13.0. The van der Waals surface area contributed by atoms with Crippen LogP contribution in [0.1, 0.15) is 65.7 Å². The van der Waals surface area contributed by atoms with Crippen LogP contribution in [-0.2, 0) is 0 Å². The number of unbranched alkanes of at least 4 members (excludes halogenated alkanes) is 4. The molecule has 0 heterocycles. The number of aliphatic hydroxyl groups excluding tert-OH is 1. The zero-order valence-corrected chi connectivity index (χ0v) is 20.2. The van der Waals surface area contributed by atoms with Gasteiger partial charge < -0.3 is 20.6 Å². The lowest BCUT2D eigenvalue weighted by atomic mass is 9.94. The largest absolute Gasteiger partial charge is 0.396 e. The summed E-state index contributed by atoms with van der Waals surface area (Å²) in [6.45, 7) is 10.7. The smallest absolute Gasteiger partial charge is 0.191 e. The van der Waals surface area contributed by atoms with Crippen molar-refractivity contribution in [3.63, 3.8) is 0 Å². The maximum Gasteiger partial charge on any atom is 0.191 e. The minimum atomic E-state index is 0. The molecule has 0 aromatic rings. The fourth-order valence-electron chi connectivity index (χ4n) is 2.99. The number of rotatable bonds is 15. The predicted molar refractivity (Wildman–Crippen MR) is 126 cm³/mol. The van der Waals surface area contributed by atoms with Crippen molar-refractivity contribution < 1.29 is 5.11 Å². The Hall–Kier alpha value is -0.0800. The number of halogens is 1. The van der Waals surface area contributed by atoms with Crippen molar-refractivity contribution in [2.75, 3.05) is 46.9 Å². The minimum Gasteiger partial charge on any atom is -0.396 e. The molecule has 0 aliphatic heterocycles. The quantitative estimate of drug-likeness (QED) is 0.144. The van der Waals surface area contributed by atoms with Gasteiger partial charge in [0.1, 0.15) is 0 Å². The Balaban J connectivity index is 0. The monoisotopic (exact) mass is 484 g/mol. The van der Waals surface area contributed by atoms with Crippen LogP contribution in [0, 0.1) is 11.8 Å². The van der Waals surface area contributed by atoms with Crippen molar-refractivity contribution in [2.45, 2.75) is 65.7 Å². The maximum absolute atomic E-state index is 9.23. The number of aliphatic hydroxyl groups is 1. The zero-order valence-electron chi connectivity index (χ0n) is 17.9. The number of nitrogens with one attached hydrogen (secondary N) is 2. The summed E-state index contributed by atoms with van der Waals surface area (Å²) in [4.78, 5) is 6.98. The van der Waals surface area contributed by atoms with E-state index in [0.717, 1.165) is 38.4 Å². The summed E-state index contributed by atoms with van der Waals surface area (Å²) in [6.07, 6.45) is 8.37. The standard InChI is InChI=1S/C20H44N4O.HI/c1-6-21-20(23-17-19(12-15-25)16-18(2)3)22-13-10-8-7-9-11-14-24(4)5;/h18-19,25H,6-17H2,1-5H3,(H2,21,22,23);1H. The van der Waals surface area contributed by atoms with E-state index in [0.29, 0.717) is 11.8 Å². The van der Waals surface area contributed by atoms with Crippen LogP contribution in [0.2, 0.25) is 0 Å². The Bertz CT molecular complexity index is 325. The lowest BCUT2D eigenvalue weighted by Gasteiger charge is -2.17. The number of aliphatic imine (C=N–C) groups is 1. The lowest BCUT2D eigenvalue weighted by molar-refractivity contribution is 0.245. The summed E-state index contributed by atoms with van der Waals surface area (Å²) in [5.41, 5.74) is 0. The molecule has 0 rings (SSSR count). The second kappa shape index (κ2) is 19.7. The molecule has 0 amide bonds. The first-order valence-electron chi connectivity index (χ1n) is 10.3. The van der Waals surface area contributed by atoms with E-state index in [1.807, 2.05) is 0 Å². The molecule has 3 N–H and O–H groups in total. The number of hydrogen-bond donors (Lipinski definition) is 3. The molecular weight excluding hydrogens is 439 g/mol. The Morgan fingerprint density at radius 1 is 1.04 bits per heavy atom. The Labute approximate surface area is 179 Å². The van der Waals surface area contributed by atoms with Gasteiger partial charge in [-0.3, -0.25) is 4.99 Å². The van der Waals surface area contributed by atoms with Crippen LogP contribution < -0.4 is 10.6 Å². The summed E-state index contributed by atoms with van der Waals surface area (Å²) < 4.78 is 0. The third kappa shape index (κ3) is 18.7. The summed E-state index contributed by atoms with van der Waals surface area (Å²) >= 11 is 0. The van der Waals surface area contributed by atoms with Gasteiger partial charge in [0.25, 0.3) is 0 Å². The summed E-state index contributed by atoms with van der Waals surface area (Å²) in [5.74, 6) is 2.04. The number of nitrogens with zero attached hydrogens (tertiary/aromatic N) is 2. The average molecular weight is 485 g/mol. The van der Waals surface area contributed by atoms with Crippen molar-refractivity contribution in [3.8, 4) is 0 Å². The van der Waals surface area contributed by atoms with Crippen LogP contribution in [0.25, 0.3) is 0 Å². The van der Waals surface area contributed by atoms with Gasteiger partial charge in [0.15, 0.2) is 5.96 Å². The van der Waals surface area contributed by atoms with Crippen LogP contribution in [0.3, 0.4) is 0 Å². The molecule has 6 heteroatoms. The third-order valence-corrected chi connectivity index (χ3v) is 4.27. The second-order valence-electron chi connectivity index (χ2n) is 7.73. The van der Waals surface area contributed by atoms with Gasteiger partial charge >= 0.3 is 0 Å². The van der Waals surface area contributed by atoms with Gasteiger partial charge in [-0.1, -0.05) is 33.1 Å². The van der Waals surface area contributed by atoms with Gasteiger partial charge in [0, 0.05) is 26.2 Å². The highest BCUT2D eigenvalue weighted by Crippen LogP contribution is 2.15. The highest BCUT2D eigenvalue weighted by atomic mass is 127. The molecule has 0 aliphatic carbocycles. The molecular formula is C20H45IN4O. The molecule has 0 radical (unpaired) electrons. The molecule has 0 spiro atoms. The van der Waals surface area contributed by atoms with E-state index in [4.69, 9.17) is 4.99 Å². The zero-order chi connectivity index (χ0) is 18.9. The van der Waals surface area contributed by atoms with Crippen molar-refractivity contribution in [3.05, 3.63) is 0 Å². The molecule has 1 unspecified atom stereocenters. The molecule has 26 heavy (non-hydrogen) atoms. The Morgan fingerprint density at radius 3 is 2.27 bits per heavy atom. The van der Waals surface area contributed by atoms with E-state index >= 15 is 0 Å². The topological polar surface area (TPSA) is 59.9 Å². The fraction of sp³-hybridized carbons (Fsp3) is 0.950. The Kier molecular flexibility index (Phi) is 21.3. The molecule has 158 valence electrons. The Morgan fingerprint density at radius 2 is 1.69 bits per heavy atom. The van der Waals surface area contributed by atoms with Gasteiger partial charge in [-0.05, 0) is 65.1 Å². The molecule has 5 nitrogen and oxygen atoms in total.